The zero-order chi connectivity index (χ0) is 18.6. The fraction of sp³-hybridized carbons (Fsp3) is 0.588. The highest BCUT2D eigenvalue weighted by Crippen LogP contribution is 2.31. The lowest BCUT2D eigenvalue weighted by Gasteiger charge is -2.25. The molecule has 0 radical (unpaired) electrons. The molecule has 1 unspecified atom stereocenters. The third-order valence-electron chi connectivity index (χ3n) is 4.49. The van der Waals surface area contributed by atoms with E-state index in [4.69, 9.17) is 5.11 Å². The van der Waals surface area contributed by atoms with Gasteiger partial charge in [-0.25, -0.2) is 4.39 Å². The fourth-order valence-electron chi connectivity index (χ4n) is 3.24. The Balaban J connectivity index is 2.00. The average molecular weight is 362 g/mol. The van der Waals surface area contributed by atoms with Crippen molar-refractivity contribution in [1.29, 1.82) is 0 Å². The Hall–Kier alpha value is -1.67. The number of aliphatic carboxylic acids is 1. The van der Waals surface area contributed by atoms with Gasteiger partial charge in [-0.05, 0) is 63.2 Å². The molecule has 1 atom stereocenters. The van der Waals surface area contributed by atoms with Crippen LogP contribution < -0.4 is 0 Å². The van der Waals surface area contributed by atoms with Gasteiger partial charge in [-0.2, -0.15) is 13.2 Å². The topological polar surface area (TPSA) is 43.8 Å². The van der Waals surface area contributed by atoms with Crippen LogP contribution in [0.1, 0.15) is 30.4 Å². The van der Waals surface area contributed by atoms with Gasteiger partial charge in [-0.3, -0.25) is 14.6 Å². The Kier molecular flexibility index (Phi) is 6.40. The first kappa shape index (κ1) is 19.7. The molecule has 8 heteroatoms. The molecule has 1 N–H and O–H groups in total. The summed E-state index contributed by atoms with van der Waals surface area (Å²) in [5.41, 5.74) is -0.680. The number of halogens is 4. The smallest absolute Gasteiger partial charge is 0.416 e. The standard InChI is InChI=1S/C17H22F4N2O2/c1-22(11-16(24)25)15-3-2-5-23(6-4-15)10-12-7-13(17(19,20)21)9-14(18)8-12/h7-9,15H,2-6,10-11H2,1H3,(H,24,25). The number of alkyl halides is 3. The van der Waals surface area contributed by atoms with Crippen molar-refractivity contribution < 1.29 is 27.5 Å². The van der Waals surface area contributed by atoms with Gasteiger partial charge in [-0.15, -0.1) is 0 Å². The van der Waals surface area contributed by atoms with Crippen molar-refractivity contribution in [2.45, 2.75) is 38.0 Å². The van der Waals surface area contributed by atoms with E-state index >= 15 is 0 Å². The van der Waals surface area contributed by atoms with Crippen LogP contribution in [0, 0.1) is 5.82 Å². The second-order valence-corrected chi connectivity index (χ2v) is 6.52. The highest BCUT2D eigenvalue weighted by atomic mass is 19.4. The molecule has 0 aliphatic carbocycles. The van der Waals surface area contributed by atoms with Gasteiger partial charge in [-0.1, -0.05) is 0 Å². The minimum atomic E-state index is -4.57. The van der Waals surface area contributed by atoms with E-state index in [2.05, 4.69) is 0 Å². The van der Waals surface area contributed by atoms with E-state index in [1.165, 1.54) is 0 Å². The molecule has 1 fully saturated rings. The molecule has 0 bridgehead atoms. The quantitative estimate of drug-likeness (QED) is 0.817. The minimum absolute atomic E-state index is 0.0382. The largest absolute Gasteiger partial charge is 0.480 e. The van der Waals surface area contributed by atoms with E-state index in [-0.39, 0.29) is 19.1 Å². The first-order valence-electron chi connectivity index (χ1n) is 8.16. The van der Waals surface area contributed by atoms with E-state index in [0.717, 1.165) is 31.4 Å². The molecule has 0 aromatic heterocycles. The summed E-state index contributed by atoms with van der Waals surface area (Å²) in [6.45, 7) is 1.53. The van der Waals surface area contributed by atoms with Gasteiger partial charge in [0.1, 0.15) is 5.82 Å². The molecule has 4 nitrogen and oxygen atoms in total. The fourth-order valence-corrected chi connectivity index (χ4v) is 3.24. The Morgan fingerprint density at radius 2 is 2.00 bits per heavy atom. The van der Waals surface area contributed by atoms with E-state index in [1.807, 2.05) is 4.90 Å². The highest BCUT2D eigenvalue weighted by molar-refractivity contribution is 5.69. The summed E-state index contributed by atoms with van der Waals surface area (Å²) >= 11 is 0. The van der Waals surface area contributed by atoms with Crippen molar-refractivity contribution in [3.05, 3.63) is 35.1 Å². The predicted molar refractivity (Wildman–Crippen MR) is 84.6 cm³/mol. The minimum Gasteiger partial charge on any atom is -0.480 e. The number of carbonyl (C=O) groups is 1. The molecular weight excluding hydrogens is 340 g/mol. The maximum absolute atomic E-state index is 13.5. The van der Waals surface area contributed by atoms with Crippen LogP contribution in [0.4, 0.5) is 17.6 Å². The monoisotopic (exact) mass is 362 g/mol. The molecule has 1 aliphatic rings. The van der Waals surface area contributed by atoms with Crippen molar-refractivity contribution in [3.8, 4) is 0 Å². The molecule has 1 aliphatic heterocycles. The first-order valence-corrected chi connectivity index (χ1v) is 8.16. The number of hydrogen-bond donors (Lipinski definition) is 1. The van der Waals surface area contributed by atoms with Crippen LogP contribution in [-0.2, 0) is 17.5 Å². The van der Waals surface area contributed by atoms with Gasteiger partial charge in [0.25, 0.3) is 0 Å². The number of carboxylic acid groups (broad SMARTS) is 1. The molecule has 25 heavy (non-hydrogen) atoms. The summed E-state index contributed by atoms with van der Waals surface area (Å²) in [6, 6.07) is 2.75. The van der Waals surface area contributed by atoms with E-state index in [9.17, 15) is 22.4 Å². The van der Waals surface area contributed by atoms with E-state index in [1.54, 1.807) is 11.9 Å². The van der Waals surface area contributed by atoms with Crippen LogP contribution >= 0.6 is 0 Å². The zero-order valence-corrected chi connectivity index (χ0v) is 14.0. The molecule has 2 rings (SSSR count). The molecular formula is C17H22F4N2O2. The van der Waals surface area contributed by atoms with Crippen molar-refractivity contribution in [1.82, 2.24) is 9.80 Å². The summed E-state index contributed by atoms with van der Waals surface area (Å²) in [5, 5.41) is 8.87. The van der Waals surface area contributed by atoms with E-state index in [0.29, 0.717) is 24.7 Å². The SMILES string of the molecule is CN(CC(=O)O)C1CCCN(Cc2cc(F)cc(C(F)(F)F)c2)CC1. The number of nitrogens with zero attached hydrogens (tertiary/aromatic N) is 2. The Labute approximate surface area is 144 Å². The van der Waals surface area contributed by atoms with Gasteiger partial charge in [0.2, 0.25) is 0 Å². The second kappa shape index (κ2) is 8.14. The molecule has 1 heterocycles. The summed E-state index contributed by atoms with van der Waals surface area (Å²) in [5.74, 6) is -1.78. The first-order chi connectivity index (χ1) is 11.6. The number of hydrogen-bond acceptors (Lipinski definition) is 3. The summed E-state index contributed by atoms with van der Waals surface area (Å²) < 4.78 is 51.9. The lowest BCUT2D eigenvalue weighted by molar-refractivity contribution is -0.139. The lowest BCUT2D eigenvalue weighted by atomic mass is 10.1. The Morgan fingerprint density at radius 3 is 2.64 bits per heavy atom. The molecule has 0 saturated carbocycles. The van der Waals surface area contributed by atoms with Crippen molar-refractivity contribution >= 4 is 5.97 Å². The number of likely N-dealkylation sites (N-methyl/N-ethyl adjacent to an activating group) is 1. The summed E-state index contributed by atoms with van der Waals surface area (Å²) in [7, 11) is 1.76. The van der Waals surface area contributed by atoms with Crippen molar-refractivity contribution in [3.63, 3.8) is 0 Å². The Morgan fingerprint density at radius 1 is 1.28 bits per heavy atom. The van der Waals surface area contributed by atoms with Crippen LogP contribution in [0.15, 0.2) is 18.2 Å². The van der Waals surface area contributed by atoms with Gasteiger partial charge >= 0.3 is 12.1 Å². The highest BCUT2D eigenvalue weighted by Gasteiger charge is 2.31. The maximum Gasteiger partial charge on any atom is 0.416 e. The Bertz CT molecular complexity index is 607. The molecule has 0 spiro atoms. The van der Waals surface area contributed by atoms with Gasteiger partial charge in [0.15, 0.2) is 0 Å². The average Bonchev–Trinajstić information content (AvgIpc) is 2.70. The molecule has 1 saturated heterocycles. The van der Waals surface area contributed by atoms with Crippen LogP contribution in [0.25, 0.3) is 0 Å². The molecule has 140 valence electrons. The predicted octanol–water partition coefficient (Wildman–Crippen LogP) is 3.22. The zero-order valence-electron chi connectivity index (χ0n) is 14.0. The number of likely N-dealkylation sites (tertiary alicyclic amines) is 1. The summed E-state index contributed by atoms with van der Waals surface area (Å²) in [4.78, 5) is 14.6. The van der Waals surface area contributed by atoms with E-state index < -0.39 is 23.5 Å². The summed E-state index contributed by atoms with van der Waals surface area (Å²) in [6.07, 6.45) is -2.20. The number of carboxylic acids is 1. The van der Waals surface area contributed by atoms with Gasteiger partial charge in [0.05, 0.1) is 12.1 Å². The van der Waals surface area contributed by atoms with Gasteiger partial charge in [0, 0.05) is 12.6 Å². The van der Waals surface area contributed by atoms with Crippen LogP contribution in [0.2, 0.25) is 0 Å². The van der Waals surface area contributed by atoms with Crippen molar-refractivity contribution in [2.75, 3.05) is 26.7 Å². The number of benzene rings is 1. The van der Waals surface area contributed by atoms with Crippen molar-refractivity contribution in [2.24, 2.45) is 0 Å². The second-order valence-electron chi connectivity index (χ2n) is 6.52. The number of rotatable bonds is 5. The van der Waals surface area contributed by atoms with Gasteiger partial charge < -0.3 is 5.11 Å². The third kappa shape index (κ3) is 5.97. The van der Waals surface area contributed by atoms with Crippen LogP contribution in [0.5, 0.6) is 0 Å². The molecule has 0 amide bonds. The van der Waals surface area contributed by atoms with Crippen LogP contribution in [-0.4, -0.2) is 53.6 Å². The molecule has 1 aromatic rings. The maximum atomic E-state index is 13.5. The molecule has 1 aromatic carbocycles. The normalized spacial score (nSPS) is 19.8. The van der Waals surface area contributed by atoms with Crippen LogP contribution in [0.3, 0.4) is 0 Å². The third-order valence-corrected chi connectivity index (χ3v) is 4.49. The lowest BCUT2D eigenvalue weighted by Crippen LogP contribution is -2.36.